The fourth-order valence-electron chi connectivity index (χ4n) is 5.26. The number of carbonyl (C=O) groups is 2. The molecule has 2 aliphatic rings. The zero-order chi connectivity index (χ0) is 28.7. The van der Waals surface area contributed by atoms with Crippen LogP contribution in [0.2, 0.25) is 5.02 Å². The Labute approximate surface area is 244 Å². The van der Waals surface area contributed by atoms with Crippen LogP contribution >= 0.6 is 22.9 Å². The van der Waals surface area contributed by atoms with Gasteiger partial charge in [-0.2, -0.15) is 0 Å². The molecule has 0 bridgehead atoms. The Morgan fingerprint density at radius 1 is 1.05 bits per heavy atom. The summed E-state index contributed by atoms with van der Waals surface area (Å²) >= 11 is 7.34. The maximum atomic E-state index is 14.3. The Hall–Kier alpha value is -4.53. The lowest BCUT2D eigenvalue weighted by molar-refractivity contribution is -0.138. The molecule has 0 radical (unpaired) electrons. The predicted molar refractivity (Wildman–Crippen MR) is 160 cm³/mol. The second-order valence-electron chi connectivity index (χ2n) is 9.40. The van der Waals surface area contributed by atoms with Crippen LogP contribution in [0.4, 0.5) is 5.69 Å². The van der Waals surface area contributed by atoms with E-state index in [-0.39, 0.29) is 22.6 Å². The van der Waals surface area contributed by atoms with Gasteiger partial charge in [-0.15, -0.1) is 6.58 Å². The van der Waals surface area contributed by atoms with Crippen molar-refractivity contribution >= 4 is 51.8 Å². The number of fused-ring (bicyclic) bond motifs is 2. The standard InChI is InChI=1S/C32H24ClN3O4S/c1-3-18-35-23-13-9-8-12-22(23)24(29(35)37)28-30(38)36-27(20-14-16-21(33)17-15-20)25(31(39)40-4-2)26(34-32(36)41-28)19-10-6-5-7-11-19/h3,5-17,27H,1,4,18H2,2H3/b28-24+/t27-/m1/s1. The Kier molecular flexibility index (Phi) is 7.03. The molecule has 2 aliphatic heterocycles. The van der Waals surface area contributed by atoms with E-state index in [0.717, 1.165) is 11.3 Å². The van der Waals surface area contributed by atoms with Crippen LogP contribution in [-0.2, 0) is 14.3 Å². The van der Waals surface area contributed by atoms with Crippen molar-refractivity contribution in [3.05, 3.63) is 138 Å². The Morgan fingerprint density at radius 2 is 1.76 bits per heavy atom. The summed E-state index contributed by atoms with van der Waals surface area (Å²) < 4.78 is 7.25. The molecule has 0 N–H and O–H groups in total. The van der Waals surface area contributed by atoms with Crippen molar-refractivity contribution in [2.24, 2.45) is 4.99 Å². The summed E-state index contributed by atoms with van der Waals surface area (Å²) in [5.41, 5.74) is 3.28. The number of amides is 1. The second kappa shape index (κ2) is 10.8. The molecule has 7 nitrogen and oxygen atoms in total. The number of carbonyl (C=O) groups excluding carboxylic acids is 2. The molecular formula is C32H24ClN3O4S. The lowest BCUT2D eigenvalue weighted by Gasteiger charge is -2.26. The number of benzene rings is 3. The number of anilines is 1. The number of thiazole rings is 1. The third kappa shape index (κ3) is 4.45. The number of rotatable bonds is 6. The van der Waals surface area contributed by atoms with Crippen LogP contribution < -0.4 is 19.8 Å². The van der Waals surface area contributed by atoms with E-state index in [0.29, 0.717) is 50.0 Å². The lowest BCUT2D eigenvalue weighted by atomic mass is 9.93. The molecule has 1 atom stereocenters. The van der Waals surface area contributed by atoms with Crippen LogP contribution in [0.1, 0.15) is 29.7 Å². The van der Waals surface area contributed by atoms with Crippen LogP contribution in [0.3, 0.4) is 0 Å². The van der Waals surface area contributed by atoms with Gasteiger partial charge in [0.25, 0.3) is 11.5 Å². The highest BCUT2D eigenvalue weighted by atomic mass is 35.5. The summed E-state index contributed by atoms with van der Waals surface area (Å²) in [6.07, 6.45) is 1.65. The van der Waals surface area contributed by atoms with E-state index in [1.54, 1.807) is 42.2 Å². The Balaban J connectivity index is 1.71. The average Bonchev–Trinajstić information content (AvgIpc) is 3.46. The SMILES string of the molecule is C=CCN1C(=O)/C(=c2/sc3n(c2=O)[C@H](c2ccc(Cl)cc2)C(C(=O)OCC)=C(c2ccccc2)N=3)c2ccccc21. The minimum atomic E-state index is -0.858. The maximum absolute atomic E-state index is 14.3. The zero-order valence-electron chi connectivity index (χ0n) is 22.0. The van der Waals surface area contributed by atoms with Gasteiger partial charge >= 0.3 is 5.97 Å². The first kappa shape index (κ1) is 26.7. The van der Waals surface area contributed by atoms with E-state index in [2.05, 4.69) is 6.58 Å². The van der Waals surface area contributed by atoms with Crippen LogP contribution in [0.25, 0.3) is 11.3 Å². The molecular weight excluding hydrogens is 558 g/mol. The molecule has 3 aromatic carbocycles. The maximum Gasteiger partial charge on any atom is 0.338 e. The van der Waals surface area contributed by atoms with Crippen LogP contribution in [0.5, 0.6) is 0 Å². The highest BCUT2D eigenvalue weighted by Gasteiger charge is 2.38. The first-order valence-corrected chi connectivity index (χ1v) is 14.2. The molecule has 9 heteroatoms. The number of halogens is 1. The van der Waals surface area contributed by atoms with Gasteiger partial charge in [-0.05, 0) is 30.7 Å². The van der Waals surface area contributed by atoms with E-state index >= 15 is 0 Å². The van der Waals surface area contributed by atoms with Crippen molar-refractivity contribution < 1.29 is 14.3 Å². The van der Waals surface area contributed by atoms with Gasteiger partial charge in [-0.25, -0.2) is 9.79 Å². The quantitative estimate of drug-likeness (QED) is 0.248. The number of aromatic nitrogens is 1. The fourth-order valence-corrected chi connectivity index (χ4v) is 6.48. The third-order valence-corrected chi connectivity index (χ3v) is 8.30. The second-order valence-corrected chi connectivity index (χ2v) is 10.8. The molecule has 204 valence electrons. The molecule has 0 fully saturated rings. The fraction of sp³-hybridized carbons (Fsp3) is 0.125. The number of hydrogen-bond acceptors (Lipinski definition) is 6. The molecule has 0 spiro atoms. The topological polar surface area (TPSA) is 81.0 Å². The van der Waals surface area contributed by atoms with Gasteiger partial charge in [0.15, 0.2) is 4.80 Å². The monoisotopic (exact) mass is 581 g/mol. The number of ether oxygens (including phenoxy) is 1. The summed E-state index contributed by atoms with van der Waals surface area (Å²) in [7, 11) is 0. The van der Waals surface area contributed by atoms with Gasteiger partial charge < -0.3 is 9.64 Å². The molecule has 3 heterocycles. The van der Waals surface area contributed by atoms with Crippen LogP contribution in [-0.4, -0.2) is 29.6 Å². The van der Waals surface area contributed by atoms with Crippen LogP contribution in [0.15, 0.2) is 107 Å². The van der Waals surface area contributed by atoms with Crippen molar-refractivity contribution in [1.82, 2.24) is 4.57 Å². The van der Waals surface area contributed by atoms with Gasteiger partial charge in [0.2, 0.25) is 0 Å². The van der Waals surface area contributed by atoms with Gasteiger partial charge in [0, 0.05) is 22.7 Å². The minimum Gasteiger partial charge on any atom is -0.463 e. The van der Waals surface area contributed by atoms with Crippen molar-refractivity contribution in [3.63, 3.8) is 0 Å². The smallest absolute Gasteiger partial charge is 0.338 e. The number of nitrogens with zero attached hydrogens (tertiary/aromatic N) is 3. The molecule has 0 saturated heterocycles. The highest BCUT2D eigenvalue weighted by Crippen LogP contribution is 2.37. The third-order valence-electron chi connectivity index (χ3n) is 7.00. The molecule has 41 heavy (non-hydrogen) atoms. The predicted octanol–water partition coefficient (Wildman–Crippen LogP) is 4.49. The van der Waals surface area contributed by atoms with Gasteiger partial charge in [-0.3, -0.25) is 14.2 Å². The molecule has 4 aromatic rings. The lowest BCUT2D eigenvalue weighted by Crippen LogP contribution is -2.41. The first-order valence-electron chi connectivity index (χ1n) is 13.0. The van der Waals surface area contributed by atoms with E-state index in [1.807, 2.05) is 54.6 Å². The van der Waals surface area contributed by atoms with Crippen molar-refractivity contribution in [1.29, 1.82) is 0 Å². The summed E-state index contributed by atoms with van der Waals surface area (Å²) in [4.78, 5) is 48.5. The molecule has 0 unspecified atom stereocenters. The summed E-state index contributed by atoms with van der Waals surface area (Å²) in [6, 6.07) is 22.8. The largest absolute Gasteiger partial charge is 0.463 e. The molecule has 6 rings (SSSR count). The highest BCUT2D eigenvalue weighted by molar-refractivity contribution is 7.07. The molecule has 0 aliphatic carbocycles. The molecule has 1 aromatic heterocycles. The minimum absolute atomic E-state index is 0.150. The number of esters is 1. The van der Waals surface area contributed by atoms with E-state index in [4.69, 9.17) is 21.3 Å². The first-order chi connectivity index (χ1) is 19.9. The van der Waals surface area contributed by atoms with E-state index in [9.17, 15) is 14.4 Å². The van der Waals surface area contributed by atoms with E-state index in [1.165, 1.54) is 4.57 Å². The van der Waals surface area contributed by atoms with Crippen molar-refractivity contribution in [2.75, 3.05) is 18.1 Å². The van der Waals surface area contributed by atoms with Crippen LogP contribution in [0, 0.1) is 0 Å². The summed E-state index contributed by atoms with van der Waals surface area (Å²) in [5.74, 6) is -0.861. The van der Waals surface area contributed by atoms with E-state index < -0.39 is 17.6 Å². The Bertz CT molecular complexity index is 1920. The van der Waals surface area contributed by atoms with Gasteiger partial charge in [0.1, 0.15) is 4.53 Å². The summed E-state index contributed by atoms with van der Waals surface area (Å²) in [5, 5.41) is 0.517. The average molecular weight is 582 g/mol. The number of hydrogen-bond donors (Lipinski definition) is 0. The van der Waals surface area contributed by atoms with Crippen molar-refractivity contribution in [2.45, 2.75) is 13.0 Å². The summed E-state index contributed by atoms with van der Waals surface area (Å²) in [6.45, 7) is 5.97. The van der Waals surface area contributed by atoms with Gasteiger partial charge in [0.05, 0.1) is 35.2 Å². The normalized spacial score (nSPS) is 17.2. The zero-order valence-corrected chi connectivity index (χ0v) is 23.6. The molecule has 1 amide bonds. The van der Waals surface area contributed by atoms with Crippen molar-refractivity contribution in [3.8, 4) is 0 Å². The van der Waals surface area contributed by atoms with Gasteiger partial charge in [-0.1, -0.05) is 89.7 Å². The molecule has 0 saturated carbocycles. The number of para-hydroxylation sites is 1. The Morgan fingerprint density at radius 3 is 2.46 bits per heavy atom.